The number of hydrogen-bond donors (Lipinski definition) is 1. The summed E-state index contributed by atoms with van der Waals surface area (Å²) in [7, 11) is 0. The normalized spacial score (nSPS) is 16.0. The minimum Gasteiger partial charge on any atom is -0.384 e. The minimum atomic E-state index is -0.326. The van der Waals surface area contributed by atoms with Crippen molar-refractivity contribution in [1.82, 2.24) is 14.7 Å². The van der Waals surface area contributed by atoms with Gasteiger partial charge in [-0.15, -0.1) is 0 Å². The van der Waals surface area contributed by atoms with Gasteiger partial charge in [-0.25, -0.2) is 9.07 Å². The van der Waals surface area contributed by atoms with Gasteiger partial charge in [-0.3, -0.25) is 4.79 Å². The molecule has 1 fully saturated rings. The zero-order valence-electron chi connectivity index (χ0n) is 12.5. The second-order valence-corrected chi connectivity index (χ2v) is 5.82. The SMILES string of the molecule is CC1CCN(C(=O)c2cc(N)n(-c3ccc(F)cc3)n2)CC1. The highest BCUT2D eigenvalue weighted by atomic mass is 19.1. The first-order chi connectivity index (χ1) is 10.5. The van der Waals surface area contributed by atoms with Gasteiger partial charge >= 0.3 is 0 Å². The molecule has 0 spiro atoms. The standard InChI is InChI=1S/C16H19FN4O/c1-11-6-8-20(9-7-11)16(22)14-10-15(18)21(19-14)13-4-2-12(17)3-5-13/h2-5,10-11H,6-9,18H2,1H3. The van der Waals surface area contributed by atoms with Gasteiger partial charge in [0.2, 0.25) is 0 Å². The molecular weight excluding hydrogens is 283 g/mol. The Morgan fingerprint density at radius 1 is 1.27 bits per heavy atom. The van der Waals surface area contributed by atoms with Gasteiger partial charge < -0.3 is 10.6 Å². The summed E-state index contributed by atoms with van der Waals surface area (Å²) in [4.78, 5) is 14.3. The molecule has 1 aromatic carbocycles. The van der Waals surface area contributed by atoms with E-state index in [-0.39, 0.29) is 11.7 Å². The number of amides is 1. The number of likely N-dealkylation sites (tertiary alicyclic amines) is 1. The van der Waals surface area contributed by atoms with E-state index >= 15 is 0 Å². The lowest BCUT2D eigenvalue weighted by atomic mass is 9.99. The van der Waals surface area contributed by atoms with E-state index in [2.05, 4.69) is 12.0 Å². The fourth-order valence-electron chi connectivity index (χ4n) is 2.66. The summed E-state index contributed by atoms with van der Waals surface area (Å²) in [5, 5.41) is 4.28. The Hall–Kier alpha value is -2.37. The number of benzene rings is 1. The van der Waals surface area contributed by atoms with Crippen LogP contribution in [0.5, 0.6) is 0 Å². The van der Waals surface area contributed by atoms with Crippen LogP contribution in [-0.2, 0) is 0 Å². The Labute approximate surface area is 128 Å². The number of rotatable bonds is 2. The molecule has 5 nitrogen and oxygen atoms in total. The number of carbonyl (C=O) groups is 1. The van der Waals surface area contributed by atoms with Crippen molar-refractivity contribution in [3.8, 4) is 5.69 Å². The maximum absolute atomic E-state index is 13.0. The molecule has 0 radical (unpaired) electrons. The summed E-state index contributed by atoms with van der Waals surface area (Å²) in [6.07, 6.45) is 2.03. The van der Waals surface area contributed by atoms with E-state index in [0.717, 1.165) is 25.9 Å². The molecule has 2 N–H and O–H groups in total. The average Bonchev–Trinajstić information content (AvgIpc) is 2.90. The van der Waals surface area contributed by atoms with Gasteiger partial charge in [-0.1, -0.05) is 6.92 Å². The quantitative estimate of drug-likeness (QED) is 0.927. The van der Waals surface area contributed by atoms with Gasteiger partial charge in [-0.2, -0.15) is 5.10 Å². The highest BCUT2D eigenvalue weighted by Gasteiger charge is 2.24. The number of halogens is 1. The Bertz CT molecular complexity index is 672. The molecule has 1 aromatic heterocycles. The van der Waals surface area contributed by atoms with E-state index in [1.165, 1.54) is 16.8 Å². The number of nitrogens with zero attached hydrogens (tertiary/aromatic N) is 3. The van der Waals surface area contributed by atoms with Crippen LogP contribution >= 0.6 is 0 Å². The van der Waals surface area contributed by atoms with Crippen molar-refractivity contribution in [1.29, 1.82) is 0 Å². The van der Waals surface area contributed by atoms with Crippen molar-refractivity contribution in [3.63, 3.8) is 0 Å². The van der Waals surface area contributed by atoms with Crippen LogP contribution in [0.2, 0.25) is 0 Å². The summed E-state index contributed by atoms with van der Waals surface area (Å²) in [5.41, 5.74) is 6.90. The third kappa shape index (κ3) is 2.81. The number of hydrogen-bond acceptors (Lipinski definition) is 3. The van der Waals surface area contributed by atoms with Crippen LogP contribution in [0.3, 0.4) is 0 Å². The molecular formula is C16H19FN4O. The molecule has 22 heavy (non-hydrogen) atoms. The average molecular weight is 302 g/mol. The van der Waals surface area contributed by atoms with Gasteiger partial charge in [0.15, 0.2) is 5.69 Å². The summed E-state index contributed by atoms with van der Waals surface area (Å²) in [5.74, 6) is 0.596. The molecule has 116 valence electrons. The largest absolute Gasteiger partial charge is 0.384 e. The first-order valence-corrected chi connectivity index (χ1v) is 7.45. The molecule has 0 saturated carbocycles. The maximum Gasteiger partial charge on any atom is 0.274 e. The number of nitrogens with two attached hydrogens (primary N) is 1. The van der Waals surface area contributed by atoms with Crippen molar-refractivity contribution < 1.29 is 9.18 Å². The van der Waals surface area contributed by atoms with Crippen molar-refractivity contribution >= 4 is 11.7 Å². The molecule has 1 aliphatic heterocycles. The number of anilines is 1. The monoisotopic (exact) mass is 302 g/mol. The van der Waals surface area contributed by atoms with Crippen molar-refractivity contribution in [2.75, 3.05) is 18.8 Å². The van der Waals surface area contributed by atoms with Gasteiger partial charge in [0, 0.05) is 19.2 Å². The molecule has 0 atom stereocenters. The van der Waals surface area contributed by atoms with Crippen LogP contribution in [0.15, 0.2) is 30.3 Å². The fourth-order valence-corrected chi connectivity index (χ4v) is 2.66. The number of nitrogen functional groups attached to an aromatic ring is 1. The van der Waals surface area contributed by atoms with Gasteiger partial charge in [-0.05, 0) is 43.0 Å². The van der Waals surface area contributed by atoms with Gasteiger partial charge in [0.05, 0.1) is 5.69 Å². The molecule has 1 amide bonds. The maximum atomic E-state index is 13.0. The summed E-state index contributed by atoms with van der Waals surface area (Å²) >= 11 is 0. The van der Waals surface area contributed by atoms with Crippen LogP contribution < -0.4 is 5.73 Å². The number of aromatic nitrogens is 2. The highest BCUT2D eigenvalue weighted by molar-refractivity contribution is 5.93. The van der Waals surface area contributed by atoms with Gasteiger partial charge in [0.1, 0.15) is 11.6 Å². The molecule has 6 heteroatoms. The van der Waals surface area contributed by atoms with Gasteiger partial charge in [0.25, 0.3) is 5.91 Å². The molecule has 1 saturated heterocycles. The molecule has 2 aromatic rings. The van der Waals surface area contributed by atoms with Crippen LogP contribution in [0.4, 0.5) is 10.2 Å². The Morgan fingerprint density at radius 2 is 1.91 bits per heavy atom. The Balaban J connectivity index is 1.82. The zero-order chi connectivity index (χ0) is 15.7. The summed E-state index contributed by atoms with van der Waals surface area (Å²) in [6.45, 7) is 3.70. The smallest absolute Gasteiger partial charge is 0.274 e. The lowest BCUT2D eigenvalue weighted by molar-refractivity contribution is 0.0691. The molecule has 1 aliphatic rings. The van der Waals surface area contributed by atoms with Crippen molar-refractivity contribution in [2.24, 2.45) is 5.92 Å². The lowest BCUT2D eigenvalue weighted by Gasteiger charge is -2.29. The van der Waals surface area contributed by atoms with E-state index in [4.69, 9.17) is 5.73 Å². The van der Waals surface area contributed by atoms with E-state index in [1.54, 1.807) is 18.2 Å². The Morgan fingerprint density at radius 3 is 2.55 bits per heavy atom. The minimum absolute atomic E-state index is 0.0977. The number of piperidine rings is 1. The topological polar surface area (TPSA) is 64.2 Å². The molecule has 0 aliphatic carbocycles. The number of carbonyl (C=O) groups excluding carboxylic acids is 1. The fraction of sp³-hybridized carbons (Fsp3) is 0.375. The molecule has 0 bridgehead atoms. The van der Waals surface area contributed by atoms with Crippen LogP contribution in [-0.4, -0.2) is 33.7 Å². The summed E-state index contributed by atoms with van der Waals surface area (Å²) < 4.78 is 14.4. The van der Waals surface area contributed by atoms with Crippen LogP contribution in [0, 0.1) is 11.7 Å². The second kappa shape index (κ2) is 5.79. The predicted molar refractivity (Wildman–Crippen MR) is 82.2 cm³/mol. The highest BCUT2D eigenvalue weighted by Crippen LogP contribution is 2.20. The van der Waals surface area contributed by atoms with Crippen molar-refractivity contribution in [3.05, 3.63) is 41.8 Å². The Kier molecular flexibility index (Phi) is 3.83. The van der Waals surface area contributed by atoms with E-state index in [1.807, 2.05) is 4.90 Å². The zero-order valence-corrected chi connectivity index (χ0v) is 12.5. The lowest BCUT2D eigenvalue weighted by Crippen LogP contribution is -2.38. The van der Waals surface area contributed by atoms with E-state index < -0.39 is 0 Å². The van der Waals surface area contributed by atoms with Crippen LogP contribution in [0.25, 0.3) is 5.69 Å². The third-order valence-corrected chi connectivity index (χ3v) is 4.10. The van der Waals surface area contributed by atoms with Crippen LogP contribution in [0.1, 0.15) is 30.3 Å². The summed E-state index contributed by atoms with van der Waals surface area (Å²) in [6, 6.07) is 7.41. The van der Waals surface area contributed by atoms with Crippen molar-refractivity contribution in [2.45, 2.75) is 19.8 Å². The second-order valence-electron chi connectivity index (χ2n) is 5.82. The first kappa shape index (κ1) is 14.6. The third-order valence-electron chi connectivity index (χ3n) is 4.10. The molecule has 0 unspecified atom stereocenters. The van der Waals surface area contributed by atoms with E-state index in [0.29, 0.717) is 23.1 Å². The van der Waals surface area contributed by atoms with E-state index in [9.17, 15) is 9.18 Å². The first-order valence-electron chi connectivity index (χ1n) is 7.45. The predicted octanol–water partition coefficient (Wildman–Crippen LogP) is 2.47. The molecule has 3 rings (SSSR count). The molecule has 2 heterocycles.